The maximum absolute atomic E-state index is 12.2. The second-order valence-electron chi connectivity index (χ2n) is 6.60. The van der Waals surface area contributed by atoms with Gasteiger partial charge in [-0.3, -0.25) is 9.59 Å². The lowest BCUT2D eigenvalue weighted by atomic mass is 10.0. The highest BCUT2D eigenvalue weighted by atomic mass is 32.2. The number of amides is 1. The number of thioether (sulfide) groups is 1. The molecule has 0 aliphatic carbocycles. The Morgan fingerprint density at radius 3 is 2.43 bits per heavy atom. The van der Waals surface area contributed by atoms with Crippen molar-refractivity contribution >= 4 is 23.6 Å². The van der Waals surface area contributed by atoms with Crippen LogP contribution in [0.4, 0.5) is 0 Å². The molecule has 0 radical (unpaired) electrons. The van der Waals surface area contributed by atoms with Crippen LogP contribution in [0.5, 0.6) is 11.5 Å². The van der Waals surface area contributed by atoms with Crippen LogP contribution in [0.15, 0.2) is 22.7 Å². The zero-order valence-electron chi connectivity index (χ0n) is 17.9. The summed E-state index contributed by atoms with van der Waals surface area (Å²) in [4.78, 5) is 25.5. The molecule has 0 spiro atoms. The van der Waals surface area contributed by atoms with E-state index < -0.39 is 12.0 Å². The van der Waals surface area contributed by atoms with E-state index in [2.05, 4.69) is 15.5 Å². The molecule has 0 saturated carbocycles. The van der Waals surface area contributed by atoms with Crippen LogP contribution in [0.1, 0.15) is 26.7 Å². The molecule has 1 aromatic heterocycles. The van der Waals surface area contributed by atoms with E-state index in [1.807, 2.05) is 20.1 Å². The third-order valence-electron chi connectivity index (χ3n) is 4.08. The molecule has 2 rings (SSSR count). The molecule has 166 valence electrons. The largest absolute Gasteiger partial charge is 0.493 e. The van der Waals surface area contributed by atoms with Crippen LogP contribution >= 0.6 is 11.8 Å². The van der Waals surface area contributed by atoms with E-state index in [1.54, 1.807) is 32.4 Å². The van der Waals surface area contributed by atoms with Crippen LogP contribution in [0, 0.1) is 0 Å². The molecule has 1 amide bonds. The molecule has 11 heteroatoms. The number of methoxy groups -OCH3 is 2. The Hall–Kier alpha value is -2.79. The number of carboxylic acid groups (broad SMARTS) is 1. The number of benzene rings is 1. The molecule has 30 heavy (non-hydrogen) atoms. The number of aliphatic carboxylic acids is 1. The van der Waals surface area contributed by atoms with E-state index in [9.17, 15) is 4.79 Å². The molecule has 0 fully saturated rings. The minimum Gasteiger partial charge on any atom is -0.493 e. The summed E-state index contributed by atoms with van der Waals surface area (Å²) in [5.41, 5.74) is 6.71. The van der Waals surface area contributed by atoms with Crippen molar-refractivity contribution in [1.29, 1.82) is 0 Å². The summed E-state index contributed by atoms with van der Waals surface area (Å²) in [5, 5.41) is 14.1. The van der Waals surface area contributed by atoms with Crippen molar-refractivity contribution in [2.75, 3.05) is 20.5 Å². The second kappa shape index (κ2) is 11.4. The Bertz CT molecular complexity index is 851. The monoisotopic (exact) mass is 440 g/mol. The van der Waals surface area contributed by atoms with Gasteiger partial charge in [0.2, 0.25) is 17.6 Å². The normalized spacial score (nSPS) is 11.7. The average Bonchev–Trinajstić information content (AvgIpc) is 3.19. The van der Waals surface area contributed by atoms with Gasteiger partial charge in [-0.05, 0) is 38.3 Å². The number of aromatic nitrogens is 2. The number of carboxylic acids is 1. The van der Waals surface area contributed by atoms with Crippen LogP contribution in [0.25, 0.3) is 11.4 Å². The molecule has 2 aromatic rings. The zero-order chi connectivity index (χ0) is 22.9. The number of nitrogens with two attached hydrogens (primary N) is 1. The van der Waals surface area contributed by atoms with Crippen LogP contribution in [-0.2, 0) is 16.1 Å². The maximum atomic E-state index is 12.2. The second-order valence-corrected chi connectivity index (χ2v) is 8.06. The van der Waals surface area contributed by atoms with Crippen LogP contribution in [-0.4, -0.2) is 58.4 Å². The minimum atomic E-state index is -0.833. The van der Waals surface area contributed by atoms with Gasteiger partial charge in [0.25, 0.3) is 5.97 Å². The molecule has 1 aromatic carbocycles. The topological polar surface area (TPSA) is 150 Å². The minimum absolute atomic E-state index is 0.108. The van der Waals surface area contributed by atoms with Crippen LogP contribution < -0.4 is 20.5 Å². The van der Waals surface area contributed by atoms with E-state index in [-0.39, 0.29) is 23.1 Å². The number of carbonyl (C=O) groups is 2. The number of carbonyl (C=O) groups excluding carboxylic acids is 1. The van der Waals surface area contributed by atoms with Gasteiger partial charge < -0.3 is 30.2 Å². The Balaban J connectivity index is 0.00000103. The van der Waals surface area contributed by atoms with E-state index >= 15 is 0 Å². The molecule has 0 saturated heterocycles. The van der Waals surface area contributed by atoms with E-state index in [1.165, 1.54) is 11.8 Å². The van der Waals surface area contributed by atoms with E-state index in [0.29, 0.717) is 22.9 Å². The van der Waals surface area contributed by atoms with Crippen LogP contribution in [0.3, 0.4) is 0 Å². The lowest BCUT2D eigenvalue weighted by Crippen LogP contribution is -2.51. The Labute approximate surface area is 179 Å². The van der Waals surface area contributed by atoms with Crippen molar-refractivity contribution in [3.05, 3.63) is 24.1 Å². The molecule has 1 heterocycles. The first-order valence-electron chi connectivity index (χ1n) is 8.88. The van der Waals surface area contributed by atoms with Crippen molar-refractivity contribution < 1.29 is 28.7 Å². The number of nitrogens with zero attached hydrogens (tertiary/aromatic N) is 2. The SMILES string of the molecule is CC(=O)O.COc1ccc(-c2noc(CNC(=O)[C@@H](N)C(C)(C)SC)n2)cc1OC. The van der Waals surface area contributed by atoms with Gasteiger partial charge in [-0.1, -0.05) is 5.16 Å². The van der Waals surface area contributed by atoms with Gasteiger partial charge in [0.15, 0.2) is 11.5 Å². The molecule has 10 nitrogen and oxygen atoms in total. The van der Waals surface area contributed by atoms with Crippen molar-refractivity contribution in [3.8, 4) is 22.9 Å². The summed E-state index contributed by atoms with van der Waals surface area (Å²) in [6, 6.07) is 4.66. The molecule has 0 unspecified atom stereocenters. The fraction of sp³-hybridized carbons (Fsp3) is 0.474. The van der Waals surface area contributed by atoms with Crippen molar-refractivity contribution in [2.45, 2.75) is 38.1 Å². The van der Waals surface area contributed by atoms with Crippen molar-refractivity contribution in [2.24, 2.45) is 5.73 Å². The summed E-state index contributed by atoms with van der Waals surface area (Å²) < 4.78 is 15.3. The first-order valence-corrected chi connectivity index (χ1v) is 10.1. The van der Waals surface area contributed by atoms with E-state index in [4.69, 9.17) is 29.6 Å². The predicted octanol–water partition coefficient (Wildman–Crippen LogP) is 1.93. The fourth-order valence-corrected chi connectivity index (χ4v) is 2.50. The highest BCUT2D eigenvalue weighted by molar-refractivity contribution is 8.00. The standard InChI is InChI=1S/C17H24N4O4S.C2H4O2/c1-17(2,26-5)14(18)16(22)19-9-13-20-15(21-25-13)10-6-7-11(23-3)12(8-10)24-4;1-2(3)4/h6-8,14H,9,18H2,1-5H3,(H,19,22);1H3,(H,3,4)/t14-;/m1./s1. The van der Waals surface area contributed by atoms with Crippen LogP contribution in [0.2, 0.25) is 0 Å². The van der Waals surface area contributed by atoms with Gasteiger partial charge in [0, 0.05) is 17.2 Å². The highest BCUT2D eigenvalue weighted by Crippen LogP contribution is 2.31. The molecule has 4 N–H and O–H groups in total. The first kappa shape index (κ1) is 25.2. The number of nitrogens with one attached hydrogen (secondary N) is 1. The number of hydrogen-bond donors (Lipinski definition) is 3. The molecule has 1 atom stereocenters. The lowest BCUT2D eigenvalue weighted by molar-refractivity contribution is -0.134. The van der Waals surface area contributed by atoms with Gasteiger partial charge in [-0.2, -0.15) is 16.7 Å². The number of rotatable bonds is 8. The van der Waals surface area contributed by atoms with Crippen molar-refractivity contribution in [3.63, 3.8) is 0 Å². The van der Waals surface area contributed by atoms with Crippen molar-refractivity contribution in [1.82, 2.24) is 15.5 Å². The lowest BCUT2D eigenvalue weighted by Gasteiger charge is -2.28. The zero-order valence-corrected chi connectivity index (χ0v) is 18.7. The number of hydrogen-bond acceptors (Lipinski definition) is 9. The third kappa shape index (κ3) is 7.23. The fourth-order valence-electron chi connectivity index (χ4n) is 2.13. The van der Waals surface area contributed by atoms with Gasteiger partial charge >= 0.3 is 0 Å². The Morgan fingerprint density at radius 1 is 1.30 bits per heavy atom. The maximum Gasteiger partial charge on any atom is 0.300 e. The molecular weight excluding hydrogens is 412 g/mol. The number of ether oxygens (including phenoxy) is 2. The Morgan fingerprint density at radius 2 is 1.90 bits per heavy atom. The highest BCUT2D eigenvalue weighted by Gasteiger charge is 2.31. The quantitative estimate of drug-likeness (QED) is 0.555. The third-order valence-corrected chi connectivity index (χ3v) is 5.39. The van der Waals surface area contributed by atoms with Gasteiger partial charge in [-0.25, -0.2) is 0 Å². The molecule has 0 aliphatic rings. The Kier molecular flexibility index (Phi) is 9.60. The summed E-state index contributed by atoms with van der Waals surface area (Å²) in [6.07, 6.45) is 1.92. The first-order chi connectivity index (χ1) is 14.0. The molecular formula is C19H28N4O6S. The van der Waals surface area contributed by atoms with Gasteiger partial charge in [-0.15, -0.1) is 0 Å². The van der Waals surface area contributed by atoms with Gasteiger partial charge in [0.05, 0.1) is 26.8 Å². The average molecular weight is 441 g/mol. The summed E-state index contributed by atoms with van der Waals surface area (Å²) >= 11 is 1.53. The van der Waals surface area contributed by atoms with Gasteiger partial charge in [0.1, 0.15) is 0 Å². The predicted molar refractivity (Wildman–Crippen MR) is 114 cm³/mol. The molecule has 0 aliphatic heterocycles. The summed E-state index contributed by atoms with van der Waals surface area (Å²) in [6.45, 7) is 5.03. The molecule has 0 bridgehead atoms. The smallest absolute Gasteiger partial charge is 0.300 e. The summed E-state index contributed by atoms with van der Waals surface area (Å²) in [5.74, 6) is 0.754. The summed E-state index contributed by atoms with van der Waals surface area (Å²) in [7, 11) is 3.12. The van der Waals surface area contributed by atoms with E-state index in [0.717, 1.165) is 6.92 Å².